The van der Waals surface area contributed by atoms with Crippen LogP contribution in [0.3, 0.4) is 0 Å². The van der Waals surface area contributed by atoms with E-state index in [1.165, 1.54) is 35.9 Å². The van der Waals surface area contributed by atoms with Crippen molar-refractivity contribution in [2.45, 2.75) is 18.9 Å². The van der Waals surface area contributed by atoms with E-state index in [-0.39, 0.29) is 17.8 Å². The first-order valence-electron chi connectivity index (χ1n) is 8.07. The number of nitrogens with one attached hydrogen (secondary N) is 1. The van der Waals surface area contributed by atoms with E-state index >= 15 is 0 Å². The van der Waals surface area contributed by atoms with Crippen molar-refractivity contribution in [3.05, 3.63) is 48.3 Å². The van der Waals surface area contributed by atoms with E-state index < -0.39 is 0 Å². The highest BCUT2D eigenvalue weighted by molar-refractivity contribution is 7.22. The predicted molar refractivity (Wildman–Crippen MR) is 94.3 cm³/mol. The minimum Gasteiger partial charge on any atom is -0.348 e. The number of aromatic nitrogens is 3. The Morgan fingerprint density at radius 3 is 2.88 bits per heavy atom. The summed E-state index contributed by atoms with van der Waals surface area (Å²) in [4.78, 5) is 26.8. The van der Waals surface area contributed by atoms with Gasteiger partial charge in [-0.05, 0) is 31.0 Å². The number of hydrogen-bond acceptors (Lipinski definition) is 6. The number of piperidine rings is 1. The van der Waals surface area contributed by atoms with Crippen LogP contribution in [0.2, 0.25) is 0 Å². The van der Waals surface area contributed by atoms with Crippen LogP contribution in [0, 0.1) is 5.82 Å². The molecule has 1 aliphatic heterocycles. The van der Waals surface area contributed by atoms with Gasteiger partial charge in [-0.2, -0.15) is 0 Å². The van der Waals surface area contributed by atoms with Gasteiger partial charge in [-0.25, -0.2) is 14.4 Å². The van der Waals surface area contributed by atoms with Gasteiger partial charge in [-0.15, -0.1) is 0 Å². The molecule has 1 aliphatic rings. The van der Waals surface area contributed by atoms with Crippen molar-refractivity contribution in [3.63, 3.8) is 0 Å². The van der Waals surface area contributed by atoms with Crippen LogP contribution in [0.1, 0.15) is 23.3 Å². The second-order valence-corrected chi connectivity index (χ2v) is 6.94. The van der Waals surface area contributed by atoms with Gasteiger partial charge in [0.05, 0.1) is 16.4 Å². The largest absolute Gasteiger partial charge is 0.348 e. The van der Waals surface area contributed by atoms with Crippen molar-refractivity contribution in [2.24, 2.45) is 0 Å². The van der Waals surface area contributed by atoms with Gasteiger partial charge in [0.1, 0.15) is 11.5 Å². The maximum Gasteiger partial charge on any atom is 0.271 e. The molecule has 25 heavy (non-hydrogen) atoms. The molecule has 128 valence electrons. The fourth-order valence-electron chi connectivity index (χ4n) is 2.91. The monoisotopic (exact) mass is 357 g/mol. The summed E-state index contributed by atoms with van der Waals surface area (Å²) in [5.41, 5.74) is 1.15. The Morgan fingerprint density at radius 2 is 2.12 bits per heavy atom. The molecule has 2 aromatic heterocycles. The molecule has 1 aromatic carbocycles. The standard InChI is InChI=1S/C17H16FN5OS/c18-11-1-2-13-15(9-11)25-17(22-13)23-7-3-12(4-8-23)21-16(24)14-10-19-5-6-20-14/h1-2,5-6,9-10,12H,3-4,7-8H2,(H,21,24). The first-order valence-corrected chi connectivity index (χ1v) is 8.88. The molecule has 6 nitrogen and oxygen atoms in total. The molecule has 8 heteroatoms. The van der Waals surface area contributed by atoms with E-state index in [4.69, 9.17) is 0 Å². The van der Waals surface area contributed by atoms with Crippen LogP contribution in [0.25, 0.3) is 10.2 Å². The Labute approximate surface area is 147 Å². The first-order chi connectivity index (χ1) is 12.2. The number of carbonyl (C=O) groups is 1. The number of rotatable bonds is 3. The number of benzene rings is 1. The Balaban J connectivity index is 1.38. The van der Waals surface area contributed by atoms with E-state index in [0.29, 0.717) is 5.69 Å². The second-order valence-electron chi connectivity index (χ2n) is 5.93. The average Bonchev–Trinajstić information content (AvgIpc) is 3.06. The van der Waals surface area contributed by atoms with Crippen LogP contribution in [0.15, 0.2) is 36.8 Å². The topological polar surface area (TPSA) is 71.0 Å². The zero-order chi connectivity index (χ0) is 17.2. The highest BCUT2D eigenvalue weighted by atomic mass is 32.1. The lowest BCUT2D eigenvalue weighted by Gasteiger charge is -2.32. The number of thiazole rings is 1. The van der Waals surface area contributed by atoms with Crippen LogP contribution in [0.5, 0.6) is 0 Å². The van der Waals surface area contributed by atoms with Crippen LogP contribution in [0.4, 0.5) is 9.52 Å². The molecule has 1 fully saturated rings. The van der Waals surface area contributed by atoms with E-state index in [9.17, 15) is 9.18 Å². The zero-order valence-corrected chi connectivity index (χ0v) is 14.2. The summed E-state index contributed by atoms with van der Waals surface area (Å²) in [5, 5.41) is 3.91. The lowest BCUT2D eigenvalue weighted by atomic mass is 10.1. The SMILES string of the molecule is O=C(NC1CCN(c2nc3ccc(F)cc3s2)CC1)c1cnccn1. The smallest absolute Gasteiger partial charge is 0.271 e. The lowest BCUT2D eigenvalue weighted by molar-refractivity contribution is 0.0925. The van der Waals surface area contributed by atoms with E-state index in [1.807, 2.05) is 0 Å². The third-order valence-corrected chi connectivity index (χ3v) is 5.31. The number of amides is 1. The molecule has 1 N–H and O–H groups in total. The summed E-state index contributed by atoms with van der Waals surface area (Å²) in [6.07, 6.45) is 6.17. The number of anilines is 1. The van der Waals surface area contributed by atoms with E-state index in [2.05, 4.69) is 25.2 Å². The molecular weight excluding hydrogens is 341 g/mol. The number of carbonyl (C=O) groups excluding carboxylic acids is 1. The van der Waals surface area contributed by atoms with Gasteiger partial charge in [-0.3, -0.25) is 9.78 Å². The Bertz CT molecular complexity index is 892. The molecule has 0 unspecified atom stereocenters. The summed E-state index contributed by atoms with van der Waals surface area (Å²) >= 11 is 1.50. The van der Waals surface area contributed by atoms with Crippen LogP contribution in [-0.4, -0.2) is 40.0 Å². The van der Waals surface area contributed by atoms with Crippen molar-refractivity contribution in [2.75, 3.05) is 18.0 Å². The number of halogens is 1. The second kappa shape index (κ2) is 6.72. The van der Waals surface area contributed by atoms with Crippen molar-refractivity contribution < 1.29 is 9.18 Å². The minimum atomic E-state index is -0.242. The van der Waals surface area contributed by atoms with Crippen molar-refractivity contribution in [3.8, 4) is 0 Å². The third-order valence-electron chi connectivity index (χ3n) is 4.24. The molecular formula is C17H16FN5OS. The summed E-state index contributed by atoms with van der Waals surface area (Å²) in [6, 6.07) is 4.76. The number of fused-ring (bicyclic) bond motifs is 1. The predicted octanol–water partition coefficient (Wildman–Crippen LogP) is 2.62. The summed E-state index contributed by atoms with van der Waals surface area (Å²) in [7, 11) is 0. The third kappa shape index (κ3) is 3.43. The van der Waals surface area contributed by atoms with Crippen molar-refractivity contribution in [1.29, 1.82) is 0 Å². The minimum absolute atomic E-state index is 0.109. The quantitative estimate of drug-likeness (QED) is 0.780. The molecule has 1 saturated heterocycles. The van der Waals surface area contributed by atoms with Gasteiger partial charge in [0.15, 0.2) is 5.13 Å². The van der Waals surface area contributed by atoms with Crippen molar-refractivity contribution >= 4 is 32.6 Å². The van der Waals surface area contributed by atoms with Gasteiger partial charge in [0.25, 0.3) is 5.91 Å². The normalized spacial score (nSPS) is 15.5. The Morgan fingerprint density at radius 1 is 1.28 bits per heavy atom. The first kappa shape index (κ1) is 15.9. The van der Waals surface area contributed by atoms with E-state index in [0.717, 1.165) is 41.3 Å². The highest BCUT2D eigenvalue weighted by Gasteiger charge is 2.23. The van der Waals surface area contributed by atoms with Gasteiger partial charge in [0.2, 0.25) is 0 Å². The molecule has 3 heterocycles. The van der Waals surface area contributed by atoms with Crippen LogP contribution < -0.4 is 10.2 Å². The fourth-order valence-corrected chi connectivity index (χ4v) is 3.95. The summed E-state index contributed by atoms with van der Waals surface area (Å²) in [5.74, 6) is -0.435. The molecule has 0 radical (unpaired) electrons. The van der Waals surface area contributed by atoms with Gasteiger partial charge in [-0.1, -0.05) is 11.3 Å². The summed E-state index contributed by atoms with van der Waals surface area (Å²) < 4.78 is 14.2. The van der Waals surface area contributed by atoms with Gasteiger partial charge >= 0.3 is 0 Å². The molecule has 0 bridgehead atoms. The highest BCUT2D eigenvalue weighted by Crippen LogP contribution is 2.30. The molecule has 0 aliphatic carbocycles. The summed E-state index contributed by atoms with van der Waals surface area (Å²) in [6.45, 7) is 1.60. The van der Waals surface area contributed by atoms with Crippen LogP contribution >= 0.6 is 11.3 Å². The van der Waals surface area contributed by atoms with Crippen molar-refractivity contribution in [1.82, 2.24) is 20.3 Å². The molecule has 3 aromatic rings. The molecule has 0 atom stereocenters. The van der Waals surface area contributed by atoms with Gasteiger partial charge in [0, 0.05) is 31.5 Å². The molecule has 0 saturated carbocycles. The average molecular weight is 357 g/mol. The van der Waals surface area contributed by atoms with Crippen LogP contribution in [-0.2, 0) is 0 Å². The van der Waals surface area contributed by atoms with E-state index in [1.54, 1.807) is 12.3 Å². The maximum absolute atomic E-state index is 13.3. The molecule has 4 rings (SSSR count). The Kier molecular flexibility index (Phi) is 4.27. The number of hydrogen-bond donors (Lipinski definition) is 1. The maximum atomic E-state index is 13.3. The lowest BCUT2D eigenvalue weighted by Crippen LogP contribution is -2.44. The fraction of sp³-hybridized carbons (Fsp3) is 0.294. The molecule has 1 amide bonds. The van der Waals surface area contributed by atoms with Gasteiger partial charge < -0.3 is 10.2 Å². The number of nitrogens with zero attached hydrogens (tertiary/aromatic N) is 4. The molecule has 0 spiro atoms. The zero-order valence-electron chi connectivity index (χ0n) is 13.4. The Hall–Kier alpha value is -2.61.